The Kier molecular flexibility index (Phi) is 5.34. The van der Waals surface area contributed by atoms with Crippen molar-refractivity contribution >= 4 is 33.8 Å². The van der Waals surface area contributed by atoms with Gasteiger partial charge >= 0.3 is 0 Å². The predicted octanol–water partition coefficient (Wildman–Crippen LogP) is 2.17. The molecule has 2 N–H and O–H groups in total. The summed E-state index contributed by atoms with van der Waals surface area (Å²) >= 11 is 1.30. The van der Waals surface area contributed by atoms with E-state index in [0.29, 0.717) is 16.4 Å². The lowest BCUT2D eigenvalue weighted by atomic mass is 10.1. The number of aromatic nitrogens is 2. The minimum Gasteiger partial charge on any atom is -0.296 e. The van der Waals surface area contributed by atoms with Gasteiger partial charge in [-0.2, -0.15) is 15.6 Å². The fourth-order valence-electron chi connectivity index (χ4n) is 1.58. The average molecular weight is 325 g/mol. The first-order valence-electron chi connectivity index (χ1n) is 6.54. The van der Waals surface area contributed by atoms with Crippen molar-refractivity contribution in [2.45, 2.75) is 13.3 Å². The first-order valence-corrected chi connectivity index (χ1v) is 7.36. The van der Waals surface area contributed by atoms with Crippen molar-refractivity contribution < 1.29 is 4.79 Å². The summed E-state index contributed by atoms with van der Waals surface area (Å²) in [6.07, 6.45) is 0.742. The van der Waals surface area contributed by atoms with Crippen LogP contribution >= 0.6 is 11.3 Å². The molecule has 0 aliphatic carbocycles. The van der Waals surface area contributed by atoms with Gasteiger partial charge in [-0.05, 0) is 18.6 Å². The summed E-state index contributed by atoms with van der Waals surface area (Å²) in [5, 5.41) is 32.7. The molecule has 1 heterocycles. The van der Waals surface area contributed by atoms with E-state index in [-0.39, 0.29) is 5.71 Å². The maximum absolute atomic E-state index is 12.3. The van der Waals surface area contributed by atoms with Crippen LogP contribution in [0, 0.1) is 22.7 Å². The van der Waals surface area contributed by atoms with E-state index in [9.17, 15) is 4.79 Å². The van der Waals surface area contributed by atoms with E-state index in [4.69, 9.17) is 10.5 Å². The van der Waals surface area contributed by atoms with Gasteiger partial charge < -0.3 is 0 Å². The van der Waals surface area contributed by atoms with E-state index in [1.807, 2.05) is 6.92 Å². The third-order valence-corrected chi connectivity index (χ3v) is 3.64. The van der Waals surface area contributed by atoms with Crippen LogP contribution < -0.4 is 10.7 Å². The van der Waals surface area contributed by atoms with Crippen molar-refractivity contribution in [1.82, 2.24) is 10.2 Å². The monoisotopic (exact) mass is 325 g/mol. The number of hydrazone groups is 1. The lowest BCUT2D eigenvalue weighted by molar-refractivity contribution is 0.102. The lowest BCUT2D eigenvalue weighted by Crippen LogP contribution is -2.14. The van der Waals surface area contributed by atoms with E-state index in [0.717, 1.165) is 11.4 Å². The van der Waals surface area contributed by atoms with Crippen LogP contribution in [0.25, 0.3) is 0 Å². The molecule has 0 saturated carbocycles. The Labute approximate surface area is 136 Å². The zero-order chi connectivity index (χ0) is 16.7. The van der Waals surface area contributed by atoms with Gasteiger partial charge in [0.05, 0.1) is 11.3 Å². The number of aryl methyl sites for hydroxylation is 1. The van der Waals surface area contributed by atoms with E-state index in [2.05, 4.69) is 26.0 Å². The number of rotatable bonds is 5. The maximum atomic E-state index is 12.3. The molecule has 0 bridgehead atoms. The summed E-state index contributed by atoms with van der Waals surface area (Å²) < 4.78 is 0. The topological polar surface area (TPSA) is 127 Å². The molecule has 0 unspecified atom stereocenters. The van der Waals surface area contributed by atoms with Gasteiger partial charge in [-0.25, -0.2) is 0 Å². The summed E-state index contributed by atoms with van der Waals surface area (Å²) in [4.78, 5) is 12.3. The van der Waals surface area contributed by atoms with Crippen molar-refractivity contribution in [2.75, 3.05) is 10.7 Å². The van der Waals surface area contributed by atoms with Crippen LogP contribution in [-0.4, -0.2) is 21.8 Å². The highest BCUT2D eigenvalue weighted by atomic mass is 32.1. The normalized spacial score (nSPS) is 9.35. The van der Waals surface area contributed by atoms with E-state index >= 15 is 0 Å². The summed E-state index contributed by atoms with van der Waals surface area (Å²) in [5.41, 5.74) is 2.89. The fraction of sp³-hybridized carbons (Fsp3) is 0.143. The molecule has 0 spiro atoms. The average Bonchev–Trinajstić information content (AvgIpc) is 3.03. The molecule has 2 aromatic rings. The van der Waals surface area contributed by atoms with Crippen LogP contribution in [0.1, 0.15) is 22.3 Å². The van der Waals surface area contributed by atoms with Gasteiger partial charge in [-0.15, -0.1) is 10.2 Å². The van der Waals surface area contributed by atoms with Gasteiger partial charge in [0, 0.05) is 0 Å². The lowest BCUT2D eigenvalue weighted by Gasteiger charge is -2.07. The number of nitrogens with one attached hydrogen (secondary N) is 2. The molecule has 8 nitrogen and oxygen atoms in total. The van der Waals surface area contributed by atoms with Gasteiger partial charge in [-0.1, -0.05) is 30.4 Å². The molecule has 114 valence electrons. The van der Waals surface area contributed by atoms with Crippen molar-refractivity contribution in [1.29, 1.82) is 10.5 Å². The fourth-order valence-corrected chi connectivity index (χ4v) is 2.26. The molecule has 1 aromatic heterocycles. The zero-order valence-electron chi connectivity index (χ0n) is 12.1. The number of carbonyl (C=O) groups excluding carboxylic acids is 1. The number of hydrogen-bond acceptors (Lipinski definition) is 8. The first-order chi connectivity index (χ1) is 11.2. The molecule has 9 heteroatoms. The molecule has 0 aliphatic heterocycles. The minimum absolute atomic E-state index is 0.305. The number of carbonyl (C=O) groups is 1. The van der Waals surface area contributed by atoms with Crippen molar-refractivity contribution in [3.63, 3.8) is 0 Å². The molecule has 0 saturated heterocycles. The highest BCUT2D eigenvalue weighted by Crippen LogP contribution is 2.20. The van der Waals surface area contributed by atoms with Gasteiger partial charge in [0.1, 0.15) is 17.1 Å². The Hall–Kier alpha value is -3.30. The Balaban J connectivity index is 2.19. The van der Waals surface area contributed by atoms with E-state index in [1.54, 1.807) is 36.4 Å². The number of benzene rings is 1. The number of anilines is 2. The van der Waals surface area contributed by atoms with Crippen molar-refractivity contribution in [3.8, 4) is 12.1 Å². The molecular formula is C14H11N7OS. The largest absolute Gasteiger partial charge is 0.296 e. The third-order valence-electron chi connectivity index (χ3n) is 2.66. The summed E-state index contributed by atoms with van der Waals surface area (Å²) in [5.74, 6) is -0.391. The molecule has 1 aromatic carbocycles. The molecule has 1 amide bonds. The van der Waals surface area contributed by atoms with Gasteiger partial charge in [0.15, 0.2) is 0 Å². The minimum atomic E-state index is -0.391. The standard InChI is InChI=1S/C14H11N7OS/c1-2-12-20-21-14(23-12)17-13(22)10-5-3-4-6-11(10)19-18-9(7-15)8-16/h3-6,19H,2H2,1H3,(H,17,21,22). The van der Waals surface area contributed by atoms with Crippen LogP contribution in [0.2, 0.25) is 0 Å². The molecule has 2 rings (SSSR count). The molecule has 0 aliphatic rings. The quantitative estimate of drug-likeness (QED) is 0.640. The van der Waals surface area contributed by atoms with Crippen molar-refractivity contribution in [3.05, 3.63) is 34.8 Å². The maximum Gasteiger partial charge on any atom is 0.259 e. The van der Waals surface area contributed by atoms with Crippen LogP contribution in [0.3, 0.4) is 0 Å². The highest BCUT2D eigenvalue weighted by molar-refractivity contribution is 7.15. The summed E-state index contributed by atoms with van der Waals surface area (Å²) in [6.45, 7) is 1.95. The summed E-state index contributed by atoms with van der Waals surface area (Å²) in [7, 11) is 0. The van der Waals surface area contributed by atoms with E-state index < -0.39 is 5.91 Å². The second kappa shape index (κ2) is 7.64. The number of nitrogens with zero attached hydrogens (tertiary/aromatic N) is 5. The Morgan fingerprint density at radius 3 is 2.70 bits per heavy atom. The first kappa shape index (κ1) is 16.1. The third kappa shape index (κ3) is 4.09. The predicted molar refractivity (Wildman–Crippen MR) is 86.0 cm³/mol. The smallest absolute Gasteiger partial charge is 0.259 e. The Morgan fingerprint density at radius 2 is 2.04 bits per heavy atom. The number of hydrogen-bond donors (Lipinski definition) is 2. The van der Waals surface area contributed by atoms with E-state index in [1.165, 1.54) is 11.3 Å². The van der Waals surface area contributed by atoms with Crippen molar-refractivity contribution in [2.24, 2.45) is 5.10 Å². The zero-order valence-corrected chi connectivity index (χ0v) is 12.9. The second-order valence-corrected chi connectivity index (χ2v) is 5.21. The van der Waals surface area contributed by atoms with Gasteiger partial charge in [-0.3, -0.25) is 15.5 Å². The van der Waals surface area contributed by atoms with Gasteiger partial charge in [0.25, 0.3) is 5.91 Å². The second-order valence-electron chi connectivity index (χ2n) is 4.15. The highest BCUT2D eigenvalue weighted by Gasteiger charge is 2.13. The molecule has 0 radical (unpaired) electrons. The van der Waals surface area contributed by atoms with Crippen LogP contribution in [0.15, 0.2) is 29.4 Å². The molecule has 0 fully saturated rings. The summed E-state index contributed by atoms with van der Waals surface area (Å²) in [6, 6.07) is 9.85. The number of amides is 1. The Morgan fingerprint density at radius 1 is 1.30 bits per heavy atom. The number of nitriles is 2. The number of para-hydroxylation sites is 1. The SMILES string of the molecule is CCc1nnc(NC(=O)c2ccccc2NN=C(C#N)C#N)s1. The Bertz CT molecular complexity index is 812. The van der Waals surface area contributed by atoms with Crippen LogP contribution in [0.4, 0.5) is 10.8 Å². The molecule has 23 heavy (non-hydrogen) atoms. The van der Waals surface area contributed by atoms with Crippen LogP contribution in [-0.2, 0) is 6.42 Å². The molecule has 0 atom stereocenters. The molecular weight excluding hydrogens is 314 g/mol. The van der Waals surface area contributed by atoms with Crippen LogP contribution in [0.5, 0.6) is 0 Å². The van der Waals surface area contributed by atoms with Gasteiger partial charge in [0.2, 0.25) is 10.8 Å².